The summed E-state index contributed by atoms with van der Waals surface area (Å²) in [5.41, 5.74) is 3.19. The highest BCUT2D eigenvalue weighted by Gasteiger charge is 2.06. The van der Waals surface area contributed by atoms with Gasteiger partial charge in [0, 0.05) is 0 Å². The Morgan fingerprint density at radius 2 is 1.95 bits per heavy atom. The second-order valence-electron chi connectivity index (χ2n) is 5.18. The Balaban J connectivity index is 2.12. The Labute approximate surface area is 132 Å². The maximum absolute atomic E-state index is 12.7. The standard InChI is InChI=1S/C17H13N3OS/c1-11-2-7-15-14(8-11)16(21)20(17(22)19-15)10-13-5-3-12(9-18)4-6-13/h2-8H,10H2,1H3,(H,19,22). The molecule has 0 radical (unpaired) electrons. The van der Waals surface area contributed by atoms with Gasteiger partial charge in [0.15, 0.2) is 4.77 Å². The van der Waals surface area contributed by atoms with Crippen LogP contribution in [0.2, 0.25) is 0 Å². The number of nitrogens with one attached hydrogen (secondary N) is 1. The lowest BCUT2D eigenvalue weighted by molar-refractivity contribution is 0.734. The van der Waals surface area contributed by atoms with Gasteiger partial charge < -0.3 is 4.98 Å². The largest absolute Gasteiger partial charge is 0.332 e. The third kappa shape index (κ3) is 2.57. The summed E-state index contributed by atoms with van der Waals surface area (Å²) in [7, 11) is 0. The van der Waals surface area contributed by atoms with E-state index in [-0.39, 0.29) is 5.56 Å². The summed E-state index contributed by atoms with van der Waals surface area (Å²) in [4.78, 5) is 15.7. The second-order valence-corrected chi connectivity index (χ2v) is 5.57. The van der Waals surface area contributed by atoms with Gasteiger partial charge in [0.05, 0.1) is 29.1 Å². The van der Waals surface area contributed by atoms with Crippen LogP contribution < -0.4 is 5.56 Å². The van der Waals surface area contributed by atoms with E-state index in [9.17, 15) is 4.79 Å². The van der Waals surface area contributed by atoms with Gasteiger partial charge in [-0.25, -0.2) is 0 Å². The Bertz CT molecular complexity index is 1010. The number of H-pyrrole nitrogens is 1. The van der Waals surface area contributed by atoms with Gasteiger partial charge in [-0.05, 0) is 49.0 Å². The molecule has 0 saturated heterocycles. The summed E-state index contributed by atoms with van der Waals surface area (Å²) < 4.78 is 1.93. The molecule has 0 saturated carbocycles. The lowest BCUT2D eigenvalue weighted by Crippen LogP contribution is -2.22. The Kier molecular flexibility index (Phi) is 3.61. The van der Waals surface area contributed by atoms with E-state index in [0.29, 0.717) is 22.3 Å². The van der Waals surface area contributed by atoms with Gasteiger partial charge in [0.1, 0.15) is 0 Å². The van der Waals surface area contributed by atoms with Crippen molar-refractivity contribution in [3.63, 3.8) is 0 Å². The van der Waals surface area contributed by atoms with Gasteiger partial charge in [-0.15, -0.1) is 0 Å². The zero-order valence-electron chi connectivity index (χ0n) is 12.0. The van der Waals surface area contributed by atoms with Gasteiger partial charge in [0.2, 0.25) is 0 Å². The van der Waals surface area contributed by atoms with Crippen LogP contribution in [0.15, 0.2) is 47.3 Å². The van der Waals surface area contributed by atoms with Gasteiger partial charge in [-0.2, -0.15) is 5.26 Å². The quantitative estimate of drug-likeness (QED) is 0.739. The van der Waals surface area contributed by atoms with Crippen molar-refractivity contribution in [3.8, 4) is 6.07 Å². The molecule has 3 rings (SSSR count). The molecule has 2 aromatic carbocycles. The molecule has 22 heavy (non-hydrogen) atoms. The van der Waals surface area contributed by atoms with E-state index in [1.807, 2.05) is 37.3 Å². The Morgan fingerprint density at radius 1 is 1.23 bits per heavy atom. The van der Waals surface area contributed by atoms with Crippen LogP contribution in [-0.2, 0) is 6.54 Å². The molecule has 0 amide bonds. The minimum absolute atomic E-state index is 0.105. The first-order valence-corrected chi connectivity index (χ1v) is 7.22. The average Bonchev–Trinajstić information content (AvgIpc) is 2.53. The van der Waals surface area contributed by atoms with Crippen molar-refractivity contribution in [1.29, 1.82) is 5.26 Å². The molecule has 5 heteroatoms. The topological polar surface area (TPSA) is 61.6 Å². The highest BCUT2D eigenvalue weighted by atomic mass is 32.1. The summed E-state index contributed by atoms with van der Waals surface area (Å²) in [5.74, 6) is 0. The van der Waals surface area contributed by atoms with E-state index in [2.05, 4.69) is 11.1 Å². The van der Waals surface area contributed by atoms with Crippen molar-refractivity contribution in [2.75, 3.05) is 0 Å². The lowest BCUT2D eigenvalue weighted by Gasteiger charge is -2.09. The fourth-order valence-corrected chi connectivity index (χ4v) is 2.63. The molecule has 1 heterocycles. The number of benzene rings is 2. The number of aromatic amines is 1. The molecular formula is C17H13N3OS. The molecule has 0 unspecified atom stereocenters. The maximum Gasteiger partial charge on any atom is 0.262 e. The van der Waals surface area contributed by atoms with Crippen molar-refractivity contribution >= 4 is 23.1 Å². The monoisotopic (exact) mass is 307 g/mol. The zero-order chi connectivity index (χ0) is 15.7. The van der Waals surface area contributed by atoms with E-state index in [4.69, 9.17) is 17.5 Å². The molecule has 0 aliphatic heterocycles. The number of nitrogens with zero attached hydrogens (tertiary/aromatic N) is 2. The number of nitriles is 1. The van der Waals surface area contributed by atoms with Crippen molar-refractivity contribution < 1.29 is 0 Å². The number of aryl methyl sites for hydroxylation is 1. The van der Waals surface area contributed by atoms with E-state index >= 15 is 0 Å². The molecule has 108 valence electrons. The van der Waals surface area contributed by atoms with E-state index in [1.165, 1.54) is 0 Å². The van der Waals surface area contributed by atoms with Crippen molar-refractivity contribution in [1.82, 2.24) is 9.55 Å². The van der Waals surface area contributed by atoms with Gasteiger partial charge in [0.25, 0.3) is 5.56 Å². The summed E-state index contributed by atoms with van der Waals surface area (Å²) >= 11 is 5.30. The molecule has 1 N–H and O–H groups in total. The van der Waals surface area contributed by atoms with Crippen molar-refractivity contribution in [3.05, 3.63) is 74.3 Å². The first kappa shape index (κ1) is 14.2. The van der Waals surface area contributed by atoms with E-state index < -0.39 is 0 Å². The molecule has 0 aliphatic carbocycles. The van der Waals surface area contributed by atoms with Crippen LogP contribution in [0, 0.1) is 23.0 Å². The number of rotatable bonds is 2. The smallest absolute Gasteiger partial charge is 0.262 e. The number of fused-ring (bicyclic) bond motifs is 1. The Morgan fingerprint density at radius 3 is 2.64 bits per heavy atom. The summed E-state index contributed by atoms with van der Waals surface area (Å²) in [6.45, 7) is 2.33. The van der Waals surface area contributed by atoms with E-state index in [0.717, 1.165) is 16.6 Å². The van der Waals surface area contributed by atoms with Crippen LogP contribution in [0.3, 0.4) is 0 Å². The minimum atomic E-state index is -0.105. The molecule has 0 aliphatic rings. The van der Waals surface area contributed by atoms with Gasteiger partial charge in [-0.1, -0.05) is 23.8 Å². The molecule has 3 aromatic rings. The molecule has 0 bridgehead atoms. The van der Waals surface area contributed by atoms with Crippen LogP contribution in [0.25, 0.3) is 10.9 Å². The molecule has 4 nitrogen and oxygen atoms in total. The fraction of sp³-hybridized carbons (Fsp3) is 0.118. The van der Waals surface area contributed by atoms with Crippen molar-refractivity contribution in [2.45, 2.75) is 13.5 Å². The van der Waals surface area contributed by atoms with Gasteiger partial charge >= 0.3 is 0 Å². The van der Waals surface area contributed by atoms with Crippen LogP contribution in [0.4, 0.5) is 0 Å². The van der Waals surface area contributed by atoms with Crippen LogP contribution >= 0.6 is 12.2 Å². The molecule has 0 atom stereocenters. The molecule has 0 fully saturated rings. The summed E-state index contributed by atoms with van der Waals surface area (Å²) in [6.07, 6.45) is 0. The third-order valence-electron chi connectivity index (χ3n) is 3.56. The Hall–Kier alpha value is -2.71. The predicted octanol–water partition coefficient (Wildman–Crippen LogP) is 3.29. The number of hydrogen-bond acceptors (Lipinski definition) is 3. The SMILES string of the molecule is Cc1ccc2[nH]c(=S)n(Cc3ccc(C#N)cc3)c(=O)c2c1. The molecule has 1 aromatic heterocycles. The van der Waals surface area contributed by atoms with E-state index in [1.54, 1.807) is 16.7 Å². The number of aromatic nitrogens is 2. The van der Waals surface area contributed by atoms with Crippen LogP contribution in [-0.4, -0.2) is 9.55 Å². The van der Waals surface area contributed by atoms with Crippen LogP contribution in [0.5, 0.6) is 0 Å². The minimum Gasteiger partial charge on any atom is -0.332 e. The first-order chi connectivity index (χ1) is 10.6. The second kappa shape index (κ2) is 5.58. The van der Waals surface area contributed by atoms with Crippen molar-refractivity contribution in [2.24, 2.45) is 0 Å². The highest BCUT2D eigenvalue weighted by Crippen LogP contribution is 2.11. The predicted molar refractivity (Wildman–Crippen MR) is 88.4 cm³/mol. The lowest BCUT2D eigenvalue weighted by atomic mass is 10.1. The maximum atomic E-state index is 12.7. The zero-order valence-corrected chi connectivity index (χ0v) is 12.8. The highest BCUT2D eigenvalue weighted by molar-refractivity contribution is 7.71. The average molecular weight is 307 g/mol. The van der Waals surface area contributed by atoms with Crippen LogP contribution in [0.1, 0.15) is 16.7 Å². The normalized spacial score (nSPS) is 10.5. The third-order valence-corrected chi connectivity index (χ3v) is 3.88. The fourth-order valence-electron chi connectivity index (χ4n) is 2.38. The molecular weight excluding hydrogens is 294 g/mol. The molecule has 0 spiro atoms. The summed E-state index contributed by atoms with van der Waals surface area (Å²) in [6, 6.07) is 14.9. The number of hydrogen-bond donors (Lipinski definition) is 1. The summed E-state index contributed by atoms with van der Waals surface area (Å²) in [5, 5.41) is 9.45. The first-order valence-electron chi connectivity index (χ1n) is 6.81. The van der Waals surface area contributed by atoms with Gasteiger partial charge in [-0.3, -0.25) is 9.36 Å².